The van der Waals surface area contributed by atoms with Crippen molar-refractivity contribution in [3.8, 4) is 5.75 Å². The van der Waals surface area contributed by atoms with Crippen molar-refractivity contribution in [1.82, 2.24) is 4.90 Å². The normalized spacial score (nSPS) is 29.0. The van der Waals surface area contributed by atoms with E-state index in [2.05, 4.69) is 23.6 Å². The molecule has 2 unspecified atom stereocenters. The van der Waals surface area contributed by atoms with Gasteiger partial charge >= 0.3 is 5.97 Å². The number of hydrogen-bond acceptors (Lipinski definition) is 4. The number of carbonyl (C=O) groups is 1. The summed E-state index contributed by atoms with van der Waals surface area (Å²) in [7, 11) is 0. The van der Waals surface area contributed by atoms with Crippen LogP contribution in [-0.2, 0) is 16.0 Å². The molecule has 0 spiro atoms. The quantitative estimate of drug-likeness (QED) is 0.588. The Morgan fingerprint density at radius 2 is 2.00 bits per heavy atom. The van der Waals surface area contributed by atoms with E-state index >= 15 is 0 Å². The van der Waals surface area contributed by atoms with Gasteiger partial charge in [0.15, 0.2) is 0 Å². The van der Waals surface area contributed by atoms with Crippen LogP contribution in [0.1, 0.15) is 31.2 Å². The third-order valence-corrected chi connectivity index (χ3v) is 6.02. The van der Waals surface area contributed by atoms with Crippen molar-refractivity contribution in [2.75, 3.05) is 32.8 Å². The molecule has 25 heavy (non-hydrogen) atoms. The highest BCUT2D eigenvalue weighted by atomic mass is 16.5. The van der Waals surface area contributed by atoms with Gasteiger partial charge in [0, 0.05) is 12.5 Å². The van der Waals surface area contributed by atoms with Crippen LogP contribution in [0.25, 0.3) is 0 Å². The van der Waals surface area contributed by atoms with Crippen LogP contribution in [-0.4, -0.2) is 43.7 Å². The molecule has 4 nitrogen and oxygen atoms in total. The molecule has 0 N–H and O–H groups in total. The summed E-state index contributed by atoms with van der Waals surface area (Å²) in [5.74, 6) is 1.16. The van der Waals surface area contributed by atoms with E-state index in [1.807, 2.05) is 12.1 Å². The molecule has 0 bridgehead atoms. The first-order chi connectivity index (χ1) is 12.2. The first-order valence-corrected chi connectivity index (χ1v) is 9.44. The molecule has 134 valence electrons. The lowest BCUT2D eigenvalue weighted by Gasteiger charge is -2.24. The second kappa shape index (κ2) is 6.83. The molecule has 3 fully saturated rings. The van der Waals surface area contributed by atoms with Gasteiger partial charge in [-0.05, 0) is 62.9 Å². The maximum Gasteiger partial charge on any atom is 0.313 e. The standard InChI is InChI=1S/C21H27NO3/c1-16-12-18-15-25-20(23)21(18,13-16)14-17-4-6-19(7-5-17)24-11-10-22-8-2-3-9-22/h4-7,18H,1-3,8-15H2. The Balaban J connectivity index is 1.35. The monoisotopic (exact) mass is 341 g/mol. The van der Waals surface area contributed by atoms with Gasteiger partial charge in [-0.15, -0.1) is 0 Å². The van der Waals surface area contributed by atoms with E-state index in [1.165, 1.54) is 37.1 Å². The average Bonchev–Trinajstić information content (AvgIpc) is 3.28. The summed E-state index contributed by atoms with van der Waals surface area (Å²) >= 11 is 0. The number of cyclic esters (lactones) is 1. The zero-order chi connectivity index (χ0) is 17.3. The van der Waals surface area contributed by atoms with E-state index in [9.17, 15) is 4.79 Å². The van der Waals surface area contributed by atoms with Crippen LogP contribution in [0.15, 0.2) is 36.4 Å². The number of fused-ring (bicyclic) bond motifs is 1. The molecule has 4 rings (SSSR count). The van der Waals surface area contributed by atoms with Crippen LogP contribution in [0.4, 0.5) is 0 Å². The summed E-state index contributed by atoms with van der Waals surface area (Å²) in [6.45, 7) is 8.79. The summed E-state index contributed by atoms with van der Waals surface area (Å²) in [5, 5.41) is 0. The minimum atomic E-state index is -0.380. The van der Waals surface area contributed by atoms with Crippen LogP contribution in [0, 0.1) is 11.3 Å². The van der Waals surface area contributed by atoms with Gasteiger partial charge in [0.05, 0.1) is 12.0 Å². The molecule has 1 aliphatic carbocycles. The number of nitrogens with zero attached hydrogens (tertiary/aromatic N) is 1. The summed E-state index contributed by atoms with van der Waals surface area (Å²) in [5.41, 5.74) is 1.98. The van der Waals surface area contributed by atoms with E-state index < -0.39 is 0 Å². The first kappa shape index (κ1) is 16.6. The topological polar surface area (TPSA) is 38.8 Å². The number of esters is 1. The highest BCUT2D eigenvalue weighted by molar-refractivity contribution is 5.81. The molecule has 1 aromatic rings. The highest BCUT2D eigenvalue weighted by Crippen LogP contribution is 2.52. The number of hydrogen-bond donors (Lipinski definition) is 0. The van der Waals surface area contributed by atoms with Crippen molar-refractivity contribution in [3.63, 3.8) is 0 Å². The molecule has 0 aromatic heterocycles. The first-order valence-electron chi connectivity index (χ1n) is 9.44. The summed E-state index contributed by atoms with van der Waals surface area (Å²) in [4.78, 5) is 14.8. The maximum atomic E-state index is 12.4. The molecule has 3 aliphatic rings. The smallest absolute Gasteiger partial charge is 0.313 e. The molecule has 1 saturated carbocycles. The van der Waals surface area contributed by atoms with E-state index in [0.717, 1.165) is 38.2 Å². The fourth-order valence-corrected chi connectivity index (χ4v) is 4.63. The summed E-state index contributed by atoms with van der Waals surface area (Å²) < 4.78 is 11.2. The Kier molecular flexibility index (Phi) is 4.55. The van der Waals surface area contributed by atoms with E-state index in [4.69, 9.17) is 9.47 Å². The van der Waals surface area contributed by atoms with Crippen molar-refractivity contribution in [2.24, 2.45) is 11.3 Å². The molecule has 2 aliphatic heterocycles. The third kappa shape index (κ3) is 3.32. The van der Waals surface area contributed by atoms with Crippen LogP contribution in [0.2, 0.25) is 0 Å². The van der Waals surface area contributed by atoms with Crippen LogP contribution in [0.3, 0.4) is 0 Å². The predicted molar refractivity (Wildman–Crippen MR) is 96.6 cm³/mol. The van der Waals surface area contributed by atoms with Crippen molar-refractivity contribution >= 4 is 5.97 Å². The van der Waals surface area contributed by atoms with Crippen LogP contribution in [0.5, 0.6) is 5.75 Å². The Morgan fingerprint density at radius 1 is 1.24 bits per heavy atom. The molecule has 2 heterocycles. The van der Waals surface area contributed by atoms with Crippen molar-refractivity contribution in [1.29, 1.82) is 0 Å². The van der Waals surface area contributed by atoms with Crippen LogP contribution < -0.4 is 4.74 Å². The molecule has 1 aromatic carbocycles. The van der Waals surface area contributed by atoms with Gasteiger partial charge in [0.2, 0.25) is 0 Å². The molecular weight excluding hydrogens is 314 g/mol. The van der Waals surface area contributed by atoms with Gasteiger partial charge in [-0.1, -0.05) is 24.3 Å². The van der Waals surface area contributed by atoms with Gasteiger partial charge < -0.3 is 9.47 Å². The van der Waals surface area contributed by atoms with E-state index in [0.29, 0.717) is 12.5 Å². The van der Waals surface area contributed by atoms with Gasteiger partial charge in [-0.2, -0.15) is 0 Å². The molecule has 2 atom stereocenters. The number of allylic oxidation sites excluding steroid dienone is 1. The third-order valence-electron chi connectivity index (χ3n) is 6.02. The summed E-state index contributed by atoms with van der Waals surface area (Å²) in [6.07, 6.45) is 5.05. The van der Waals surface area contributed by atoms with E-state index in [-0.39, 0.29) is 11.4 Å². The van der Waals surface area contributed by atoms with Crippen molar-refractivity contribution < 1.29 is 14.3 Å². The highest BCUT2D eigenvalue weighted by Gasteiger charge is 2.55. The lowest BCUT2D eigenvalue weighted by atomic mass is 9.75. The van der Waals surface area contributed by atoms with Gasteiger partial charge in [0.1, 0.15) is 12.4 Å². The lowest BCUT2D eigenvalue weighted by Crippen LogP contribution is -2.31. The largest absolute Gasteiger partial charge is 0.492 e. The predicted octanol–water partition coefficient (Wildman–Crippen LogP) is 3.21. The molecule has 2 saturated heterocycles. The number of benzene rings is 1. The second-order valence-corrected chi connectivity index (χ2v) is 7.80. The van der Waals surface area contributed by atoms with Gasteiger partial charge in [-0.25, -0.2) is 0 Å². The Labute approximate surface area is 149 Å². The second-order valence-electron chi connectivity index (χ2n) is 7.80. The van der Waals surface area contributed by atoms with Crippen molar-refractivity contribution in [3.05, 3.63) is 42.0 Å². The minimum absolute atomic E-state index is 0.0397. The number of likely N-dealkylation sites (tertiary alicyclic amines) is 1. The van der Waals surface area contributed by atoms with E-state index in [1.54, 1.807) is 0 Å². The summed E-state index contributed by atoms with van der Waals surface area (Å²) in [6, 6.07) is 8.22. The zero-order valence-electron chi connectivity index (χ0n) is 14.8. The fraction of sp³-hybridized carbons (Fsp3) is 0.571. The fourth-order valence-electron chi connectivity index (χ4n) is 4.63. The zero-order valence-corrected chi connectivity index (χ0v) is 14.8. The number of ether oxygens (including phenoxy) is 2. The molecule has 4 heteroatoms. The van der Waals surface area contributed by atoms with Gasteiger partial charge in [-0.3, -0.25) is 9.69 Å². The number of carbonyl (C=O) groups excluding carboxylic acids is 1. The lowest BCUT2D eigenvalue weighted by molar-refractivity contribution is -0.146. The Bertz CT molecular complexity index is 648. The van der Waals surface area contributed by atoms with Gasteiger partial charge in [0.25, 0.3) is 0 Å². The Hall–Kier alpha value is -1.81. The van der Waals surface area contributed by atoms with Crippen molar-refractivity contribution in [2.45, 2.75) is 32.1 Å². The minimum Gasteiger partial charge on any atom is -0.492 e. The SMILES string of the molecule is C=C1CC2COC(=O)C2(Cc2ccc(OCCN3CCCC3)cc2)C1. The van der Waals surface area contributed by atoms with Crippen LogP contribution >= 0.6 is 0 Å². The maximum absolute atomic E-state index is 12.4. The molecule has 0 radical (unpaired) electrons. The Morgan fingerprint density at radius 3 is 2.76 bits per heavy atom. The molecule has 0 amide bonds. The molecular formula is C21H27NO3. The average molecular weight is 341 g/mol. The number of rotatable bonds is 6.